The van der Waals surface area contributed by atoms with Crippen molar-refractivity contribution in [3.05, 3.63) is 84.1 Å². The molecule has 0 saturated carbocycles. The van der Waals surface area contributed by atoms with E-state index in [1.54, 1.807) is 36.1 Å². The summed E-state index contributed by atoms with van der Waals surface area (Å²) in [4.78, 5) is 22.1. The van der Waals surface area contributed by atoms with Crippen LogP contribution in [0, 0.1) is 25.2 Å². The molecular weight excluding hydrogens is 592 g/mol. The summed E-state index contributed by atoms with van der Waals surface area (Å²) in [5, 5.41) is 18.3. The van der Waals surface area contributed by atoms with E-state index in [1.807, 2.05) is 54.9 Å². The van der Waals surface area contributed by atoms with Crippen molar-refractivity contribution in [2.45, 2.75) is 32.7 Å². The zero-order valence-electron chi connectivity index (χ0n) is 25.4. The molecule has 4 heterocycles. The summed E-state index contributed by atoms with van der Waals surface area (Å²) < 4.78 is 34.9. The second-order valence-electron chi connectivity index (χ2n) is 11.1. The molecule has 1 fully saturated rings. The van der Waals surface area contributed by atoms with E-state index in [0.717, 1.165) is 22.2 Å². The van der Waals surface area contributed by atoms with Gasteiger partial charge in [0.1, 0.15) is 17.5 Å². The summed E-state index contributed by atoms with van der Waals surface area (Å²) in [5.74, 6) is -0.475. The number of sulfonamides is 1. The Bertz CT molecular complexity index is 2090. The van der Waals surface area contributed by atoms with Crippen LogP contribution >= 0.6 is 0 Å². The number of rotatable bonds is 9. The van der Waals surface area contributed by atoms with Crippen molar-refractivity contribution in [3.8, 4) is 23.0 Å². The number of para-hydroxylation sites is 1. The molecule has 12 nitrogen and oxygen atoms in total. The van der Waals surface area contributed by atoms with Crippen LogP contribution in [0.4, 0.5) is 11.4 Å². The highest BCUT2D eigenvalue weighted by molar-refractivity contribution is 7.89. The summed E-state index contributed by atoms with van der Waals surface area (Å²) in [6.45, 7) is 6.02. The molecule has 0 radical (unpaired) electrons. The van der Waals surface area contributed by atoms with Gasteiger partial charge in [0.05, 0.1) is 54.2 Å². The van der Waals surface area contributed by atoms with Gasteiger partial charge in [0.15, 0.2) is 0 Å². The van der Waals surface area contributed by atoms with Crippen molar-refractivity contribution in [3.63, 3.8) is 0 Å². The van der Waals surface area contributed by atoms with Gasteiger partial charge in [0.2, 0.25) is 10.0 Å². The standard InChI is InChI=1S/C32H32N8O4S/c1-5-45(42,43)38-18-32(19-38,13-14-33)40-17-23(16-36-40)28-24-12-15-39(30(24)35-20-34-28)27-11-7-9-25(31(41)44-4)29(27)37-26-10-6-8-21(2)22(26)3/h6-12,15-17,20,37H,5,13,18-19H2,1-4H3. The highest BCUT2D eigenvalue weighted by Gasteiger charge is 2.49. The molecule has 230 valence electrons. The van der Waals surface area contributed by atoms with Crippen molar-refractivity contribution in [2.75, 3.05) is 31.3 Å². The lowest BCUT2D eigenvalue weighted by Crippen LogP contribution is -2.64. The monoisotopic (exact) mass is 624 g/mol. The van der Waals surface area contributed by atoms with E-state index < -0.39 is 21.5 Å². The van der Waals surface area contributed by atoms with Gasteiger partial charge >= 0.3 is 5.97 Å². The highest BCUT2D eigenvalue weighted by atomic mass is 32.2. The van der Waals surface area contributed by atoms with Crippen LogP contribution in [0.1, 0.15) is 34.8 Å². The lowest BCUT2D eigenvalue weighted by Gasteiger charge is -2.47. The van der Waals surface area contributed by atoms with E-state index in [4.69, 9.17) is 4.74 Å². The maximum absolute atomic E-state index is 12.9. The number of carbonyl (C=O) groups excluding carboxylic acids is 1. The Morgan fingerprint density at radius 3 is 2.64 bits per heavy atom. The quantitative estimate of drug-likeness (QED) is 0.230. The number of anilines is 2. The van der Waals surface area contributed by atoms with E-state index in [0.29, 0.717) is 33.8 Å². The van der Waals surface area contributed by atoms with Gasteiger partial charge in [-0.15, -0.1) is 0 Å². The third-order valence-corrected chi connectivity index (χ3v) is 10.3. The lowest BCUT2D eigenvalue weighted by atomic mass is 9.89. The molecule has 13 heteroatoms. The highest BCUT2D eigenvalue weighted by Crippen LogP contribution is 2.37. The van der Waals surface area contributed by atoms with Crippen LogP contribution in [0.3, 0.4) is 0 Å². The number of hydrogen-bond donors (Lipinski definition) is 1. The van der Waals surface area contributed by atoms with Gasteiger partial charge in [-0.05, 0) is 56.2 Å². The molecule has 0 aliphatic carbocycles. The summed E-state index contributed by atoms with van der Waals surface area (Å²) in [5.41, 5.74) is 5.83. The van der Waals surface area contributed by atoms with Crippen molar-refractivity contribution in [2.24, 2.45) is 0 Å². The maximum atomic E-state index is 12.9. The minimum absolute atomic E-state index is 0.000263. The number of esters is 1. The molecule has 1 aliphatic rings. The number of methoxy groups -OCH3 is 1. The molecule has 1 N–H and O–H groups in total. The minimum atomic E-state index is -3.37. The Balaban J connectivity index is 1.42. The number of aryl methyl sites for hydroxylation is 1. The van der Waals surface area contributed by atoms with Gasteiger partial charge in [0, 0.05) is 42.1 Å². The first kappa shape index (κ1) is 30.0. The van der Waals surface area contributed by atoms with E-state index >= 15 is 0 Å². The number of aromatic nitrogens is 5. The van der Waals surface area contributed by atoms with Gasteiger partial charge in [0.25, 0.3) is 0 Å². The number of benzene rings is 2. The fourth-order valence-electron chi connectivity index (χ4n) is 5.73. The van der Waals surface area contributed by atoms with Crippen LogP contribution in [-0.2, 0) is 20.3 Å². The fourth-order valence-corrected chi connectivity index (χ4v) is 6.97. The molecule has 6 rings (SSSR count). The first-order valence-corrected chi connectivity index (χ1v) is 16.0. The molecular formula is C32H32N8O4S. The number of nitriles is 1. The molecule has 3 aromatic heterocycles. The SMILES string of the molecule is CCS(=O)(=O)N1CC(CC#N)(n2cc(-c3ncnc4c3ccn4-c3cccc(C(=O)OC)c3Nc3cccc(C)c3C)cn2)C1. The van der Waals surface area contributed by atoms with Gasteiger partial charge in [-0.2, -0.15) is 14.7 Å². The minimum Gasteiger partial charge on any atom is -0.465 e. The molecule has 45 heavy (non-hydrogen) atoms. The second kappa shape index (κ2) is 11.5. The predicted octanol–water partition coefficient (Wildman–Crippen LogP) is 4.71. The molecule has 0 amide bonds. The fraction of sp³-hybridized carbons (Fsp3) is 0.281. The van der Waals surface area contributed by atoms with Gasteiger partial charge in [-0.1, -0.05) is 18.2 Å². The molecule has 1 saturated heterocycles. The van der Waals surface area contributed by atoms with Crippen LogP contribution in [-0.4, -0.2) is 69.0 Å². The summed E-state index contributed by atoms with van der Waals surface area (Å²) in [6.07, 6.45) is 6.93. The van der Waals surface area contributed by atoms with Gasteiger partial charge < -0.3 is 10.1 Å². The molecule has 0 bridgehead atoms. The zero-order valence-corrected chi connectivity index (χ0v) is 26.2. The van der Waals surface area contributed by atoms with E-state index in [2.05, 4.69) is 26.5 Å². The Morgan fingerprint density at radius 2 is 1.91 bits per heavy atom. The summed E-state index contributed by atoms with van der Waals surface area (Å²) in [7, 11) is -2.02. The average molecular weight is 625 g/mol. The average Bonchev–Trinajstić information content (AvgIpc) is 3.69. The molecule has 5 aromatic rings. The zero-order chi connectivity index (χ0) is 31.9. The maximum Gasteiger partial charge on any atom is 0.340 e. The molecule has 0 spiro atoms. The topological polar surface area (TPSA) is 148 Å². The largest absolute Gasteiger partial charge is 0.465 e. The Morgan fingerprint density at radius 1 is 1.13 bits per heavy atom. The third kappa shape index (κ3) is 5.11. The number of carbonyl (C=O) groups is 1. The van der Waals surface area contributed by atoms with Crippen molar-refractivity contribution >= 4 is 38.4 Å². The molecule has 1 aliphatic heterocycles. The number of hydrogen-bond acceptors (Lipinski definition) is 9. The molecule has 0 unspecified atom stereocenters. The van der Waals surface area contributed by atoms with Gasteiger partial charge in [-0.25, -0.2) is 23.2 Å². The first-order valence-electron chi connectivity index (χ1n) is 14.4. The predicted molar refractivity (Wildman–Crippen MR) is 170 cm³/mol. The second-order valence-corrected chi connectivity index (χ2v) is 13.4. The number of nitrogens with one attached hydrogen (secondary N) is 1. The van der Waals surface area contributed by atoms with Crippen molar-refractivity contribution < 1.29 is 17.9 Å². The van der Waals surface area contributed by atoms with Crippen LogP contribution in [0.5, 0.6) is 0 Å². The lowest BCUT2D eigenvalue weighted by molar-refractivity contribution is 0.0602. The van der Waals surface area contributed by atoms with E-state index in [1.165, 1.54) is 17.7 Å². The van der Waals surface area contributed by atoms with Crippen LogP contribution < -0.4 is 5.32 Å². The number of ether oxygens (including phenoxy) is 1. The van der Waals surface area contributed by atoms with Gasteiger partial charge in [-0.3, -0.25) is 9.25 Å². The van der Waals surface area contributed by atoms with Crippen LogP contribution in [0.25, 0.3) is 28.0 Å². The van der Waals surface area contributed by atoms with Crippen molar-refractivity contribution in [1.29, 1.82) is 5.26 Å². The Kier molecular flexibility index (Phi) is 7.64. The summed E-state index contributed by atoms with van der Waals surface area (Å²) >= 11 is 0. The smallest absolute Gasteiger partial charge is 0.340 e. The van der Waals surface area contributed by atoms with Crippen molar-refractivity contribution in [1.82, 2.24) is 28.6 Å². The van der Waals surface area contributed by atoms with Crippen LogP contribution in [0.15, 0.2) is 67.4 Å². The van der Waals surface area contributed by atoms with E-state index in [-0.39, 0.29) is 25.3 Å². The Hall–Kier alpha value is -5.06. The molecule has 2 aromatic carbocycles. The van der Waals surface area contributed by atoms with E-state index in [9.17, 15) is 18.5 Å². The van der Waals surface area contributed by atoms with Crippen LogP contribution in [0.2, 0.25) is 0 Å². The third-order valence-electron chi connectivity index (χ3n) is 8.50. The molecule has 0 atom stereocenters. The first-order chi connectivity index (χ1) is 21.6. The number of nitrogens with zero attached hydrogens (tertiary/aromatic N) is 7. The normalized spacial score (nSPS) is 14.6. The Labute approximate surface area is 260 Å². The number of fused-ring (bicyclic) bond motifs is 1. The summed E-state index contributed by atoms with van der Waals surface area (Å²) in [6, 6.07) is 15.5.